The number of nitrogens with zero attached hydrogens (tertiary/aromatic N) is 1. The third-order valence-electron chi connectivity index (χ3n) is 4.93. The van der Waals surface area contributed by atoms with Gasteiger partial charge in [0.15, 0.2) is 0 Å². The van der Waals surface area contributed by atoms with Crippen molar-refractivity contribution in [2.24, 2.45) is 5.41 Å². The molecule has 96 valence electrons. The molecule has 0 N–H and O–H groups in total. The van der Waals surface area contributed by atoms with E-state index in [2.05, 4.69) is 11.7 Å². The molecule has 2 saturated heterocycles. The fourth-order valence-electron chi connectivity index (χ4n) is 4.21. The molecule has 3 aliphatic rings. The Kier molecular flexibility index (Phi) is 2.13. The Balaban J connectivity index is 1.81. The number of carbonyl (C=O) groups excluding carboxylic acids is 1. The third kappa shape index (κ3) is 1.38. The van der Waals surface area contributed by atoms with E-state index in [4.69, 9.17) is 0 Å². The van der Waals surface area contributed by atoms with E-state index < -0.39 is 11.9 Å². The van der Waals surface area contributed by atoms with Gasteiger partial charge in [-0.25, -0.2) is 4.79 Å². The van der Waals surface area contributed by atoms with Crippen molar-refractivity contribution >= 4 is 15.3 Å². The topological polar surface area (TPSA) is 29.5 Å². The first-order valence-electron chi connectivity index (χ1n) is 6.03. The van der Waals surface area contributed by atoms with Gasteiger partial charge in [0.1, 0.15) is 0 Å². The monoisotopic (exact) mass is 263 g/mol. The number of piperidine rings is 1. The van der Waals surface area contributed by atoms with Crippen LogP contribution in [0.2, 0.25) is 0 Å². The van der Waals surface area contributed by atoms with Crippen molar-refractivity contribution in [1.29, 1.82) is 0 Å². The van der Waals surface area contributed by atoms with Gasteiger partial charge in [0.25, 0.3) is 0 Å². The summed E-state index contributed by atoms with van der Waals surface area (Å²) in [6, 6.07) is 0.114. The second-order valence-electron chi connectivity index (χ2n) is 5.54. The van der Waals surface area contributed by atoms with Gasteiger partial charge < -0.3 is 4.74 Å². The van der Waals surface area contributed by atoms with Crippen LogP contribution in [-0.4, -0.2) is 28.4 Å². The summed E-state index contributed by atoms with van der Waals surface area (Å²) >= 11 is 0. The Bertz CT molecular complexity index is 386. The van der Waals surface area contributed by atoms with Gasteiger partial charge in [-0.05, 0) is 46.8 Å². The summed E-state index contributed by atoms with van der Waals surface area (Å²) in [6.07, 6.45) is 3.97. The van der Waals surface area contributed by atoms with Gasteiger partial charge in [0, 0.05) is 6.04 Å². The fraction of sp³-hybridized carbons (Fsp3) is 0.909. The quantitative estimate of drug-likeness (QED) is 0.717. The predicted octanol–water partition coefficient (Wildman–Crippen LogP) is 2.96. The number of hydrogen-bond donors (Lipinski definition) is 0. The normalized spacial score (nSPS) is 42.6. The molecule has 0 radical (unpaired) electrons. The summed E-state index contributed by atoms with van der Waals surface area (Å²) in [4.78, 5) is 13.4. The summed E-state index contributed by atoms with van der Waals surface area (Å²) in [5, 5.41) is 0. The molecule has 0 aromatic carbocycles. The molecule has 3 fully saturated rings. The molecule has 3 nitrogen and oxygen atoms in total. The number of alkyl halides is 2. The summed E-state index contributed by atoms with van der Waals surface area (Å²) in [7, 11) is 1.25. The first-order chi connectivity index (χ1) is 7.84. The minimum atomic E-state index is -3.46. The first kappa shape index (κ1) is 11.6. The molecular formula is C11H16F2NO2P. The van der Waals surface area contributed by atoms with Crippen LogP contribution >= 0.6 is 9.24 Å². The SMILES string of the molecule is CCC12CC3CCC1(C2)N3C(=O)OC(F)(F)P. The van der Waals surface area contributed by atoms with Crippen molar-refractivity contribution < 1.29 is 18.3 Å². The largest absolute Gasteiger partial charge is 0.415 e. The molecular weight excluding hydrogens is 247 g/mol. The maximum Gasteiger partial charge on any atom is 0.415 e. The van der Waals surface area contributed by atoms with Crippen molar-refractivity contribution in [2.45, 2.75) is 56.5 Å². The lowest BCUT2D eigenvalue weighted by Gasteiger charge is -2.26. The molecule has 6 heteroatoms. The minimum Gasteiger partial charge on any atom is -0.381 e. The van der Waals surface area contributed by atoms with Crippen LogP contribution in [0, 0.1) is 5.41 Å². The van der Waals surface area contributed by atoms with E-state index in [0.717, 1.165) is 32.1 Å². The molecule has 0 aromatic rings. The van der Waals surface area contributed by atoms with Gasteiger partial charge >= 0.3 is 11.9 Å². The molecule has 0 aromatic heterocycles. The van der Waals surface area contributed by atoms with E-state index in [1.807, 2.05) is 0 Å². The highest BCUT2D eigenvalue weighted by atomic mass is 31.0. The number of hydrogen-bond acceptors (Lipinski definition) is 2. The molecule has 17 heavy (non-hydrogen) atoms. The van der Waals surface area contributed by atoms with Gasteiger partial charge in [-0.3, -0.25) is 4.90 Å². The van der Waals surface area contributed by atoms with E-state index in [1.54, 1.807) is 4.90 Å². The third-order valence-corrected chi connectivity index (χ3v) is 5.05. The zero-order valence-electron chi connectivity index (χ0n) is 9.71. The molecule has 4 atom stereocenters. The van der Waals surface area contributed by atoms with Crippen LogP contribution in [0.1, 0.15) is 39.0 Å². The summed E-state index contributed by atoms with van der Waals surface area (Å²) in [6.45, 7) is 2.11. The van der Waals surface area contributed by atoms with Gasteiger partial charge in [-0.15, -0.1) is 0 Å². The maximum atomic E-state index is 12.7. The molecule has 1 spiro atoms. The van der Waals surface area contributed by atoms with E-state index >= 15 is 0 Å². The van der Waals surface area contributed by atoms with Crippen LogP contribution in [0.3, 0.4) is 0 Å². The Morgan fingerprint density at radius 3 is 2.88 bits per heavy atom. The maximum absolute atomic E-state index is 12.7. The van der Waals surface area contributed by atoms with Crippen LogP contribution in [0.15, 0.2) is 0 Å². The van der Waals surface area contributed by atoms with E-state index in [1.165, 1.54) is 9.24 Å². The molecule has 2 bridgehead atoms. The van der Waals surface area contributed by atoms with Gasteiger partial charge in [-0.2, -0.15) is 8.78 Å². The number of ether oxygens (including phenoxy) is 1. The van der Waals surface area contributed by atoms with E-state index in [9.17, 15) is 13.6 Å². The predicted molar refractivity (Wildman–Crippen MR) is 60.7 cm³/mol. The lowest BCUT2D eigenvalue weighted by molar-refractivity contribution is -0.128. The molecule has 1 amide bonds. The van der Waals surface area contributed by atoms with Crippen molar-refractivity contribution in [1.82, 2.24) is 4.90 Å². The van der Waals surface area contributed by atoms with Crippen LogP contribution < -0.4 is 0 Å². The molecule has 3 rings (SSSR count). The zero-order chi connectivity index (χ0) is 12.5. The van der Waals surface area contributed by atoms with Crippen LogP contribution in [0.5, 0.6) is 0 Å². The van der Waals surface area contributed by atoms with Crippen molar-refractivity contribution in [3.05, 3.63) is 0 Å². The van der Waals surface area contributed by atoms with Crippen molar-refractivity contribution in [2.75, 3.05) is 0 Å². The minimum absolute atomic E-state index is 0.114. The average Bonchev–Trinajstić information content (AvgIpc) is 2.62. The number of rotatable bonds is 2. The highest BCUT2D eigenvalue weighted by molar-refractivity contribution is 7.17. The summed E-state index contributed by atoms with van der Waals surface area (Å²) in [5.41, 5.74) is 0.0462. The number of carbonyl (C=O) groups is 1. The Morgan fingerprint density at radius 1 is 1.65 bits per heavy atom. The van der Waals surface area contributed by atoms with Crippen LogP contribution in [0.25, 0.3) is 0 Å². The van der Waals surface area contributed by atoms with Gasteiger partial charge in [0.2, 0.25) is 0 Å². The van der Waals surface area contributed by atoms with E-state index in [0.29, 0.717) is 0 Å². The van der Waals surface area contributed by atoms with Gasteiger partial charge in [0.05, 0.1) is 5.54 Å². The Labute approximate surface area is 101 Å². The smallest absolute Gasteiger partial charge is 0.381 e. The van der Waals surface area contributed by atoms with Crippen molar-refractivity contribution in [3.8, 4) is 0 Å². The lowest BCUT2D eigenvalue weighted by Crippen LogP contribution is -2.41. The van der Waals surface area contributed by atoms with Crippen molar-refractivity contribution in [3.63, 3.8) is 0 Å². The highest BCUT2D eigenvalue weighted by Crippen LogP contribution is 2.76. The average molecular weight is 263 g/mol. The standard InChI is InChI=1S/C11H16F2NO2P/c1-2-9-5-7-3-4-10(9,6-9)14(7)8(15)16-11(12,13)17/h7H,2-6,17H2,1H3. The second-order valence-corrected chi connectivity index (χ2v) is 6.21. The number of amides is 1. The fourth-order valence-corrected chi connectivity index (χ4v) is 4.31. The number of fused-ring (bicyclic) bond motifs is 1. The lowest BCUT2D eigenvalue weighted by atomic mass is 9.87. The molecule has 4 unspecified atom stereocenters. The second kappa shape index (κ2) is 3.11. The molecule has 1 saturated carbocycles. The first-order valence-corrected chi connectivity index (χ1v) is 6.60. The molecule has 2 aliphatic heterocycles. The summed E-state index contributed by atoms with van der Waals surface area (Å²) in [5.74, 6) is -3.46. The number of halogens is 2. The van der Waals surface area contributed by atoms with Crippen LogP contribution in [-0.2, 0) is 4.74 Å². The summed E-state index contributed by atoms with van der Waals surface area (Å²) < 4.78 is 29.6. The Morgan fingerprint density at radius 2 is 2.35 bits per heavy atom. The Hall–Kier alpha value is -0.440. The van der Waals surface area contributed by atoms with Crippen LogP contribution in [0.4, 0.5) is 13.6 Å². The molecule has 1 aliphatic carbocycles. The highest BCUT2D eigenvalue weighted by Gasteiger charge is 2.79. The van der Waals surface area contributed by atoms with E-state index in [-0.39, 0.29) is 17.0 Å². The zero-order valence-corrected chi connectivity index (χ0v) is 10.9. The molecule has 2 heterocycles. The van der Waals surface area contributed by atoms with Gasteiger partial charge in [-0.1, -0.05) is 6.92 Å².